The van der Waals surface area contributed by atoms with Crippen LogP contribution in [-0.2, 0) is 13.0 Å². The minimum absolute atomic E-state index is 0.0710. The average Bonchev–Trinajstić information content (AvgIpc) is 2.42. The molecule has 1 radical (unpaired) electrons. The molecule has 121 valence electrons. The lowest BCUT2D eigenvalue weighted by Crippen LogP contribution is -2.34. The van der Waals surface area contributed by atoms with Crippen LogP contribution in [0, 0.1) is 17.5 Å². The van der Waals surface area contributed by atoms with Gasteiger partial charge in [-0.2, -0.15) is 0 Å². The van der Waals surface area contributed by atoms with Gasteiger partial charge in [0.2, 0.25) is 5.82 Å². The van der Waals surface area contributed by atoms with Crippen LogP contribution in [0.25, 0.3) is 0 Å². The first kappa shape index (κ1) is 16.9. The predicted octanol–water partition coefficient (Wildman–Crippen LogP) is 2.20. The van der Waals surface area contributed by atoms with E-state index >= 15 is 0 Å². The molecular weight excluding hydrogens is 276 g/mol. The number of rotatable bonds is 5. The molecular formula is C17H27N4O. The lowest BCUT2D eigenvalue weighted by Gasteiger charge is -2.30. The van der Waals surface area contributed by atoms with Crippen molar-refractivity contribution in [3.63, 3.8) is 0 Å². The fourth-order valence-electron chi connectivity index (χ4n) is 3.15. The summed E-state index contributed by atoms with van der Waals surface area (Å²) in [5.74, 6) is 0.191. The molecule has 1 atom stereocenters. The second-order valence-corrected chi connectivity index (χ2v) is 7.63. The molecule has 22 heavy (non-hydrogen) atoms. The maximum atomic E-state index is 11.2. The van der Waals surface area contributed by atoms with E-state index in [0.29, 0.717) is 11.3 Å². The lowest BCUT2D eigenvalue weighted by atomic mass is 9.84. The number of nitrogens with zero attached hydrogens (tertiary/aromatic N) is 3. The molecule has 2 N–H and O–H groups in total. The van der Waals surface area contributed by atoms with Crippen LogP contribution in [0.2, 0.25) is 0 Å². The summed E-state index contributed by atoms with van der Waals surface area (Å²) in [5, 5.41) is 0. The van der Waals surface area contributed by atoms with E-state index in [1.807, 2.05) is 0 Å². The Hall–Kier alpha value is -1.49. The van der Waals surface area contributed by atoms with Crippen LogP contribution in [-0.4, -0.2) is 33.9 Å². The van der Waals surface area contributed by atoms with Gasteiger partial charge in [-0.05, 0) is 37.1 Å². The van der Waals surface area contributed by atoms with Gasteiger partial charge in [0.1, 0.15) is 0 Å². The number of carbonyl (C=O) groups is 1. The Morgan fingerprint density at radius 2 is 2.18 bits per heavy atom. The summed E-state index contributed by atoms with van der Waals surface area (Å²) in [5.41, 5.74) is 7.54. The zero-order valence-corrected chi connectivity index (χ0v) is 14.1. The number of primary amides is 1. The van der Waals surface area contributed by atoms with E-state index < -0.39 is 5.91 Å². The molecule has 2 rings (SSSR count). The third kappa shape index (κ3) is 4.77. The molecule has 5 nitrogen and oxygen atoms in total. The average molecular weight is 303 g/mol. The largest absolute Gasteiger partial charge is 0.363 e. The van der Waals surface area contributed by atoms with Crippen LogP contribution in [0.4, 0.5) is 0 Å². The number of hydrogen-bond donors (Lipinski definition) is 1. The summed E-state index contributed by atoms with van der Waals surface area (Å²) >= 11 is 0. The van der Waals surface area contributed by atoms with Crippen molar-refractivity contribution in [1.82, 2.24) is 14.9 Å². The number of amides is 1. The van der Waals surface area contributed by atoms with E-state index in [1.54, 1.807) is 0 Å². The summed E-state index contributed by atoms with van der Waals surface area (Å²) in [6.45, 7) is 12.0. The SMILES string of the molecule is CC(CCN1CCc2[c]nc(C(N)=O)nc2C1)CC(C)(C)C. The number of aromatic nitrogens is 2. The normalized spacial score (nSPS) is 17.1. The van der Waals surface area contributed by atoms with Crippen LogP contribution >= 0.6 is 0 Å². The van der Waals surface area contributed by atoms with Crippen LogP contribution < -0.4 is 5.73 Å². The van der Waals surface area contributed by atoms with Crippen molar-refractivity contribution < 1.29 is 4.79 Å². The lowest BCUT2D eigenvalue weighted by molar-refractivity contribution is 0.0989. The molecule has 2 heterocycles. The van der Waals surface area contributed by atoms with Gasteiger partial charge in [0, 0.05) is 18.7 Å². The molecule has 1 unspecified atom stereocenters. The predicted molar refractivity (Wildman–Crippen MR) is 86.2 cm³/mol. The Morgan fingerprint density at radius 3 is 2.82 bits per heavy atom. The smallest absolute Gasteiger partial charge is 0.286 e. The summed E-state index contributed by atoms with van der Waals surface area (Å²) in [6.07, 6.45) is 6.23. The first-order chi connectivity index (χ1) is 10.2. The monoisotopic (exact) mass is 303 g/mol. The Kier molecular flexibility index (Phi) is 5.16. The van der Waals surface area contributed by atoms with Crippen molar-refractivity contribution in [2.24, 2.45) is 17.1 Å². The summed E-state index contributed by atoms with van der Waals surface area (Å²) in [7, 11) is 0. The standard InChI is InChI=1S/C17H27N4O/c1-12(9-17(2,3)4)5-7-21-8-6-13-10-19-16(15(18)22)20-14(13)11-21/h12H,5-9,11H2,1-4H3,(H2,18,22). The van der Waals surface area contributed by atoms with E-state index in [0.717, 1.165) is 37.3 Å². The molecule has 1 aliphatic heterocycles. The highest BCUT2D eigenvalue weighted by atomic mass is 16.1. The summed E-state index contributed by atoms with van der Waals surface area (Å²) in [6, 6.07) is 0. The van der Waals surface area contributed by atoms with E-state index in [4.69, 9.17) is 5.73 Å². The van der Waals surface area contributed by atoms with Gasteiger partial charge in [0.25, 0.3) is 5.91 Å². The third-order valence-corrected chi connectivity index (χ3v) is 4.06. The Labute approximate surface area is 133 Å². The third-order valence-electron chi connectivity index (χ3n) is 4.06. The summed E-state index contributed by atoms with van der Waals surface area (Å²) in [4.78, 5) is 21.8. The van der Waals surface area contributed by atoms with Crippen LogP contribution in [0.15, 0.2) is 0 Å². The van der Waals surface area contributed by atoms with Crippen molar-refractivity contribution in [3.05, 3.63) is 23.3 Å². The molecule has 1 aromatic heterocycles. The van der Waals surface area contributed by atoms with Gasteiger partial charge in [-0.15, -0.1) is 0 Å². The first-order valence-electron chi connectivity index (χ1n) is 8.04. The Morgan fingerprint density at radius 1 is 1.45 bits per heavy atom. The molecule has 1 aromatic rings. The second kappa shape index (κ2) is 6.73. The molecule has 1 aliphatic rings. The van der Waals surface area contributed by atoms with Crippen LogP contribution in [0.1, 0.15) is 62.4 Å². The van der Waals surface area contributed by atoms with Crippen molar-refractivity contribution in [3.8, 4) is 0 Å². The van der Waals surface area contributed by atoms with Crippen molar-refractivity contribution in [1.29, 1.82) is 0 Å². The van der Waals surface area contributed by atoms with E-state index in [1.165, 1.54) is 12.8 Å². The summed E-state index contributed by atoms with van der Waals surface area (Å²) < 4.78 is 0. The highest BCUT2D eigenvalue weighted by Crippen LogP contribution is 2.26. The van der Waals surface area contributed by atoms with Gasteiger partial charge in [-0.1, -0.05) is 27.7 Å². The molecule has 1 amide bonds. The van der Waals surface area contributed by atoms with E-state index in [-0.39, 0.29) is 5.82 Å². The van der Waals surface area contributed by atoms with Gasteiger partial charge in [-0.25, -0.2) is 9.97 Å². The Balaban J connectivity index is 1.91. The van der Waals surface area contributed by atoms with Gasteiger partial charge in [0.05, 0.1) is 11.9 Å². The maximum Gasteiger partial charge on any atom is 0.286 e. The van der Waals surface area contributed by atoms with Gasteiger partial charge in [-0.3, -0.25) is 9.69 Å². The van der Waals surface area contributed by atoms with Crippen molar-refractivity contribution in [2.45, 2.75) is 53.5 Å². The fraction of sp³-hybridized carbons (Fsp3) is 0.706. The number of hydrogen-bond acceptors (Lipinski definition) is 4. The van der Waals surface area contributed by atoms with Crippen LogP contribution in [0.5, 0.6) is 0 Å². The van der Waals surface area contributed by atoms with Crippen molar-refractivity contribution >= 4 is 5.91 Å². The van der Waals surface area contributed by atoms with Crippen LogP contribution in [0.3, 0.4) is 0 Å². The second-order valence-electron chi connectivity index (χ2n) is 7.63. The molecule has 0 spiro atoms. The zero-order chi connectivity index (χ0) is 16.3. The minimum atomic E-state index is -0.588. The van der Waals surface area contributed by atoms with E-state index in [2.05, 4.69) is 48.8 Å². The minimum Gasteiger partial charge on any atom is -0.363 e. The van der Waals surface area contributed by atoms with Gasteiger partial charge in [0.15, 0.2) is 0 Å². The van der Waals surface area contributed by atoms with Gasteiger partial charge < -0.3 is 5.73 Å². The maximum absolute atomic E-state index is 11.2. The number of nitrogens with two attached hydrogens (primary N) is 1. The molecule has 0 aliphatic carbocycles. The topological polar surface area (TPSA) is 72.1 Å². The molecule has 5 heteroatoms. The quantitative estimate of drug-likeness (QED) is 0.905. The first-order valence-corrected chi connectivity index (χ1v) is 8.04. The highest BCUT2D eigenvalue weighted by Gasteiger charge is 2.21. The Bertz CT molecular complexity index is 536. The molecule has 0 saturated heterocycles. The number of carbonyl (C=O) groups excluding carboxylic acids is 1. The van der Waals surface area contributed by atoms with E-state index in [9.17, 15) is 4.79 Å². The molecule has 0 saturated carbocycles. The van der Waals surface area contributed by atoms with Crippen molar-refractivity contribution in [2.75, 3.05) is 13.1 Å². The fourth-order valence-corrected chi connectivity index (χ4v) is 3.15. The molecule has 0 fully saturated rings. The number of fused-ring (bicyclic) bond motifs is 1. The molecule has 0 aromatic carbocycles. The zero-order valence-electron chi connectivity index (χ0n) is 14.1. The highest BCUT2D eigenvalue weighted by molar-refractivity contribution is 5.88. The molecule has 0 bridgehead atoms. The van der Waals surface area contributed by atoms with Gasteiger partial charge >= 0.3 is 0 Å².